The van der Waals surface area contributed by atoms with Gasteiger partial charge in [-0.25, -0.2) is 24.6 Å². The highest BCUT2D eigenvalue weighted by Crippen LogP contribution is 2.22. The van der Waals surface area contributed by atoms with Crippen molar-refractivity contribution in [3.8, 4) is 0 Å². The summed E-state index contributed by atoms with van der Waals surface area (Å²) in [6.45, 7) is 9.28. The van der Waals surface area contributed by atoms with Crippen molar-refractivity contribution >= 4 is 22.1 Å². The fraction of sp³-hybridized carbons (Fsp3) is 0.500. The smallest absolute Gasteiger partial charge is 0.161 e. The summed E-state index contributed by atoms with van der Waals surface area (Å²) in [4.78, 5) is 18.3. The lowest BCUT2D eigenvalue weighted by molar-refractivity contribution is 0.522. The monoisotopic (exact) mass is 378 g/mol. The molecule has 8 heteroatoms. The second-order valence-electron chi connectivity index (χ2n) is 7.51. The lowest BCUT2D eigenvalue weighted by Gasteiger charge is -2.12. The Bertz CT molecular complexity index is 1090. The minimum atomic E-state index is 0.268. The zero-order valence-corrected chi connectivity index (χ0v) is 16.9. The highest BCUT2D eigenvalue weighted by atomic mass is 15.3. The number of aryl methyl sites for hydroxylation is 2. The Morgan fingerprint density at radius 2 is 1.82 bits per heavy atom. The van der Waals surface area contributed by atoms with Crippen LogP contribution >= 0.6 is 0 Å². The van der Waals surface area contributed by atoms with E-state index in [1.165, 1.54) is 0 Å². The first-order valence-corrected chi connectivity index (χ1v) is 9.94. The molecule has 0 aliphatic carbocycles. The summed E-state index contributed by atoms with van der Waals surface area (Å²) in [5.41, 5.74) is 2.81. The number of hydrogen-bond acceptors (Lipinski definition) is 6. The number of rotatable bonds is 7. The number of nitrogens with zero attached hydrogens (tertiary/aromatic N) is 8. The first-order chi connectivity index (χ1) is 13.6. The van der Waals surface area contributed by atoms with Crippen LogP contribution < -0.4 is 0 Å². The molecule has 0 amide bonds. The van der Waals surface area contributed by atoms with Crippen molar-refractivity contribution in [1.29, 1.82) is 0 Å². The van der Waals surface area contributed by atoms with Gasteiger partial charge in [-0.3, -0.25) is 4.68 Å². The molecule has 0 bridgehead atoms. The van der Waals surface area contributed by atoms with E-state index in [0.717, 1.165) is 59.5 Å². The summed E-state index contributed by atoms with van der Waals surface area (Å²) < 4.78 is 3.94. The Balaban J connectivity index is 1.44. The highest BCUT2D eigenvalue weighted by molar-refractivity contribution is 5.73. The maximum Gasteiger partial charge on any atom is 0.161 e. The van der Waals surface area contributed by atoms with Crippen LogP contribution in [0.4, 0.5) is 0 Å². The van der Waals surface area contributed by atoms with Crippen LogP contribution in [0.5, 0.6) is 0 Å². The largest absolute Gasteiger partial charge is 0.262 e. The number of aromatic nitrogens is 8. The average Bonchev–Trinajstić information content (AvgIpc) is 3.31. The summed E-state index contributed by atoms with van der Waals surface area (Å²) in [6, 6.07) is 0.277. The van der Waals surface area contributed by atoms with Crippen LogP contribution in [0.3, 0.4) is 0 Å². The maximum absolute atomic E-state index is 4.79. The zero-order chi connectivity index (χ0) is 19.7. The van der Waals surface area contributed by atoms with Crippen molar-refractivity contribution in [2.45, 2.75) is 65.5 Å². The SMILES string of the molecule is CCc1ncc2c(cnn2CCCC(C)c2ncc3cnn(C(C)C)c3n2)n1. The molecular weight excluding hydrogens is 352 g/mol. The quantitative estimate of drug-likeness (QED) is 0.487. The van der Waals surface area contributed by atoms with E-state index in [4.69, 9.17) is 4.98 Å². The normalized spacial score (nSPS) is 13.0. The second-order valence-corrected chi connectivity index (χ2v) is 7.51. The molecule has 4 aromatic heterocycles. The van der Waals surface area contributed by atoms with Gasteiger partial charge in [-0.15, -0.1) is 0 Å². The minimum absolute atomic E-state index is 0.268. The topological polar surface area (TPSA) is 87.2 Å². The van der Waals surface area contributed by atoms with E-state index in [2.05, 4.69) is 52.8 Å². The Kier molecular flexibility index (Phi) is 5.02. The third kappa shape index (κ3) is 3.46. The van der Waals surface area contributed by atoms with E-state index in [0.29, 0.717) is 0 Å². The minimum Gasteiger partial charge on any atom is -0.262 e. The molecular formula is C20H26N8. The molecule has 0 radical (unpaired) electrons. The van der Waals surface area contributed by atoms with E-state index in [-0.39, 0.29) is 12.0 Å². The molecule has 4 heterocycles. The third-order valence-electron chi connectivity index (χ3n) is 5.05. The van der Waals surface area contributed by atoms with E-state index < -0.39 is 0 Å². The van der Waals surface area contributed by atoms with Crippen LogP contribution in [-0.4, -0.2) is 39.5 Å². The average molecular weight is 378 g/mol. The van der Waals surface area contributed by atoms with Crippen LogP contribution in [0.2, 0.25) is 0 Å². The second kappa shape index (κ2) is 7.61. The van der Waals surface area contributed by atoms with Crippen LogP contribution in [0.15, 0.2) is 24.8 Å². The molecule has 4 aromatic rings. The Labute approximate surface area is 164 Å². The molecule has 0 saturated carbocycles. The summed E-state index contributed by atoms with van der Waals surface area (Å²) in [5, 5.41) is 9.89. The first kappa shape index (κ1) is 18.5. The van der Waals surface area contributed by atoms with Gasteiger partial charge in [-0.2, -0.15) is 10.2 Å². The number of fused-ring (bicyclic) bond motifs is 2. The van der Waals surface area contributed by atoms with Gasteiger partial charge in [0.25, 0.3) is 0 Å². The van der Waals surface area contributed by atoms with Gasteiger partial charge in [0.2, 0.25) is 0 Å². The van der Waals surface area contributed by atoms with Crippen LogP contribution in [0.25, 0.3) is 22.1 Å². The van der Waals surface area contributed by atoms with E-state index in [1.807, 2.05) is 34.2 Å². The van der Waals surface area contributed by atoms with Crippen molar-refractivity contribution < 1.29 is 0 Å². The van der Waals surface area contributed by atoms with E-state index in [1.54, 1.807) is 0 Å². The molecule has 0 saturated heterocycles. The third-order valence-corrected chi connectivity index (χ3v) is 5.05. The first-order valence-electron chi connectivity index (χ1n) is 9.94. The lowest BCUT2D eigenvalue weighted by atomic mass is 10.0. The van der Waals surface area contributed by atoms with Crippen molar-refractivity contribution in [2.75, 3.05) is 0 Å². The highest BCUT2D eigenvalue weighted by Gasteiger charge is 2.14. The fourth-order valence-corrected chi connectivity index (χ4v) is 3.40. The Morgan fingerprint density at radius 1 is 0.964 bits per heavy atom. The van der Waals surface area contributed by atoms with Crippen molar-refractivity contribution in [3.05, 3.63) is 36.4 Å². The van der Waals surface area contributed by atoms with Crippen molar-refractivity contribution in [2.24, 2.45) is 0 Å². The number of hydrogen-bond donors (Lipinski definition) is 0. The molecule has 1 atom stereocenters. The predicted molar refractivity (Wildman–Crippen MR) is 108 cm³/mol. The van der Waals surface area contributed by atoms with Gasteiger partial charge in [0.05, 0.1) is 24.0 Å². The summed E-state index contributed by atoms with van der Waals surface area (Å²) in [7, 11) is 0. The van der Waals surface area contributed by atoms with Gasteiger partial charge >= 0.3 is 0 Å². The standard InChI is InChI=1S/C20H26N8/c1-5-18-21-12-17-16(25-18)11-23-27(17)8-6-7-14(4)19-22-9-15-10-24-28(13(2)3)20(15)26-19/h9-14H,5-8H2,1-4H3. The lowest BCUT2D eigenvalue weighted by Crippen LogP contribution is -2.08. The van der Waals surface area contributed by atoms with E-state index in [9.17, 15) is 0 Å². The molecule has 0 aromatic carbocycles. The Hall–Kier alpha value is -2.90. The summed E-state index contributed by atoms with van der Waals surface area (Å²) in [5.74, 6) is 2.00. The fourth-order valence-electron chi connectivity index (χ4n) is 3.40. The molecule has 0 fully saturated rings. The van der Waals surface area contributed by atoms with E-state index >= 15 is 0 Å². The van der Waals surface area contributed by atoms with Crippen LogP contribution in [-0.2, 0) is 13.0 Å². The molecule has 0 aliphatic heterocycles. The zero-order valence-electron chi connectivity index (χ0n) is 16.9. The van der Waals surface area contributed by atoms with Gasteiger partial charge in [-0.05, 0) is 26.7 Å². The van der Waals surface area contributed by atoms with Gasteiger partial charge in [-0.1, -0.05) is 13.8 Å². The Morgan fingerprint density at radius 3 is 2.61 bits per heavy atom. The van der Waals surface area contributed by atoms with Gasteiger partial charge in [0.1, 0.15) is 22.7 Å². The molecule has 4 rings (SSSR count). The summed E-state index contributed by atoms with van der Waals surface area (Å²) in [6.07, 6.45) is 10.2. The van der Waals surface area contributed by atoms with Gasteiger partial charge in [0.15, 0.2) is 5.65 Å². The van der Waals surface area contributed by atoms with Crippen molar-refractivity contribution in [1.82, 2.24) is 39.5 Å². The molecule has 1 unspecified atom stereocenters. The molecule has 146 valence electrons. The maximum atomic E-state index is 4.79. The van der Waals surface area contributed by atoms with Crippen LogP contribution in [0.1, 0.15) is 64.1 Å². The van der Waals surface area contributed by atoms with Gasteiger partial charge in [0, 0.05) is 31.1 Å². The molecule has 8 nitrogen and oxygen atoms in total. The van der Waals surface area contributed by atoms with Crippen molar-refractivity contribution in [3.63, 3.8) is 0 Å². The predicted octanol–water partition coefficient (Wildman–Crippen LogP) is 3.69. The summed E-state index contributed by atoms with van der Waals surface area (Å²) >= 11 is 0. The van der Waals surface area contributed by atoms with Crippen LogP contribution in [0, 0.1) is 0 Å². The molecule has 0 aliphatic rings. The molecule has 0 spiro atoms. The molecule has 28 heavy (non-hydrogen) atoms. The molecule has 0 N–H and O–H groups in total. The van der Waals surface area contributed by atoms with Gasteiger partial charge < -0.3 is 0 Å².